The Labute approximate surface area is 178 Å². The first-order valence-electron chi connectivity index (χ1n) is 9.55. The molecule has 1 saturated heterocycles. The second-order valence-corrected chi connectivity index (χ2v) is 8.97. The normalized spacial score (nSPS) is 16.5. The molecule has 0 aliphatic carbocycles. The van der Waals surface area contributed by atoms with Crippen LogP contribution in [0.3, 0.4) is 0 Å². The molecule has 1 amide bonds. The van der Waals surface area contributed by atoms with Crippen LogP contribution in [-0.4, -0.2) is 48.8 Å². The van der Waals surface area contributed by atoms with Crippen molar-refractivity contribution in [1.29, 1.82) is 0 Å². The smallest absolute Gasteiger partial charge is 0.309 e. The first-order valence-corrected chi connectivity index (χ1v) is 11.0. The summed E-state index contributed by atoms with van der Waals surface area (Å²) in [6.45, 7) is 1.50. The molecule has 0 saturated carbocycles. The molecule has 2 aromatic rings. The summed E-state index contributed by atoms with van der Waals surface area (Å²) in [5, 5.41) is 2.07. The Balaban J connectivity index is 1.54. The van der Waals surface area contributed by atoms with Gasteiger partial charge in [-0.2, -0.15) is 4.31 Å². The highest BCUT2D eigenvalue weighted by atomic mass is 32.2. The van der Waals surface area contributed by atoms with Gasteiger partial charge in [-0.05, 0) is 44.0 Å². The van der Waals surface area contributed by atoms with E-state index in [9.17, 15) is 26.8 Å². The fourth-order valence-corrected chi connectivity index (χ4v) is 4.58. The van der Waals surface area contributed by atoms with Gasteiger partial charge in [0.1, 0.15) is 22.2 Å². The van der Waals surface area contributed by atoms with Gasteiger partial charge in [0.05, 0.1) is 5.92 Å². The van der Waals surface area contributed by atoms with Gasteiger partial charge in [-0.25, -0.2) is 17.2 Å². The fraction of sp³-hybridized carbons (Fsp3) is 0.350. The minimum absolute atomic E-state index is 0.0710. The van der Waals surface area contributed by atoms with Gasteiger partial charge < -0.3 is 10.1 Å². The van der Waals surface area contributed by atoms with Crippen LogP contribution in [0.5, 0.6) is 0 Å². The van der Waals surface area contributed by atoms with Crippen LogP contribution in [-0.2, 0) is 24.3 Å². The molecular weight excluding hydrogens is 432 g/mol. The van der Waals surface area contributed by atoms with Crippen molar-refractivity contribution in [2.45, 2.75) is 30.8 Å². The monoisotopic (exact) mass is 453 g/mol. The highest BCUT2D eigenvalue weighted by Crippen LogP contribution is 2.25. The third kappa shape index (κ3) is 5.23. The summed E-state index contributed by atoms with van der Waals surface area (Å²) >= 11 is 0. The zero-order valence-electron chi connectivity index (χ0n) is 16.6. The van der Waals surface area contributed by atoms with E-state index in [1.165, 1.54) is 35.8 Å². The number of nitrogens with one attached hydrogen (secondary N) is 1. The molecule has 0 bridgehead atoms. The number of ether oxygens (including phenoxy) is 1. The molecule has 8 nitrogen and oxygen atoms in total. The number of piperidine rings is 1. The molecule has 31 heavy (non-hydrogen) atoms. The molecule has 1 aromatic heterocycles. The summed E-state index contributed by atoms with van der Waals surface area (Å²) in [6, 6.07) is 6.11. The zero-order chi connectivity index (χ0) is 22.6. The quantitative estimate of drug-likeness (QED) is 0.673. The molecule has 1 fully saturated rings. The molecule has 166 valence electrons. The number of hydrogen-bond acceptors (Lipinski definition) is 6. The Kier molecular flexibility index (Phi) is 6.96. The molecule has 1 aromatic carbocycles. The van der Waals surface area contributed by atoms with E-state index in [1.54, 1.807) is 0 Å². The molecule has 3 rings (SSSR count). The van der Waals surface area contributed by atoms with Crippen LogP contribution in [0.4, 0.5) is 14.5 Å². The molecule has 0 spiro atoms. The van der Waals surface area contributed by atoms with Crippen LogP contribution < -0.4 is 5.32 Å². The zero-order valence-corrected chi connectivity index (χ0v) is 17.4. The van der Waals surface area contributed by atoms with Crippen LogP contribution in [0.1, 0.15) is 19.8 Å². The average molecular weight is 453 g/mol. The molecule has 2 heterocycles. The number of esters is 1. The van der Waals surface area contributed by atoms with Crippen molar-refractivity contribution in [3.8, 4) is 0 Å². The van der Waals surface area contributed by atoms with Crippen molar-refractivity contribution >= 4 is 27.6 Å². The van der Waals surface area contributed by atoms with E-state index in [-0.39, 0.29) is 30.8 Å². The number of pyridine rings is 1. The number of halogens is 2. The number of aromatic nitrogens is 1. The highest BCUT2D eigenvalue weighted by Gasteiger charge is 2.34. The molecule has 0 radical (unpaired) electrons. The van der Waals surface area contributed by atoms with Gasteiger partial charge in [-0.1, -0.05) is 6.07 Å². The van der Waals surface area contributed by atoms with Crippen molar-refractivity contribution in [2.75, 3.05) is 18.4 Å². The maximum Gasteiger partial charge on any atom is 0.309 e. The summed E-state index contributed by atoms with van der Waals surface area (Å²) < 4.78 is 59.0. The molecule has 1 aliphatic heterocycles. The number of benzene rings is 1. The number of nitrogens with zero attached hydrogens (tertiary/aromatic N) is 2. The van der Waals surface area contributed by atoms with E-state index in [0.29, 0.717) is 0 Å². The van der Waals surface area contributed by atoms with Gasteiger partial charge in [0, 0.05) is 25.5 Å². The lowest BCUT2D eigenvalue weighted by molar-refractivity contribution is -0.158. The number of hydrogen-bond donors (Lipinski definition) is 1. The molecular formula is C20H21F2N3O5S. The summed E-state index contributed by atoms with van der Waals surface area (Å²) in [5.41, 5.74) is -0.621. The van der Waals surface area contributed by atoms with Crippen molar-refractivity contribution in [3.05, 3.63) is 54.4 Å². The van der Waals surface area contributed by atoms with Crippen molar-refractivity contribution in [3.63, 3.8) is 0 Å². The van der Waals surface area contributed by atoms with E-state index >= 15 is 0 Å². The molecule has 1 unspecified atom stereocenters. The third-order valence-corrected chi connectivity index (χ3v) is 6.81. The standard InChI is InChI=1S/C20H21F2N3O5S/c1-13(19(26)24-18-16(21)5-2-6-17(18)22)30-20(27)14-7-10-25(11-8-14)31(28,29)15-4-3-9-23-12-15/h2-6,9,12-14H,7-8,10-11H2,1H3,(H,24,26). The van der Waals surface area contributed by atoms with Crippen LogP contribution in [0, 0.1) is 17.6 Å². The number of carbonyl (C=O) groups excluding carboxylic acids is 2. The first-order chi connectivity index (χ1) is 14.7. The lowest BCUT2D eigenvalue weighted by Crippen LogP contribution is -2.41. The summed E-state index contributed by atoms with van der Waals surface area (Å²) in [5.74, 6) is -4.05. The van der Waals surface area contributed by atoms with Gasteiger partial charge in [-0.3, -0.25) is 14.6 Å². The SMILES string of the molecule is CC(OC(=O)C1CCN(S(=O)(=O)c2cccnc2)CC1)C(=O)Nc1c(F)cccc1F. The number of anilines is 1. The van der Waals surface area contributed by atoms with Gasteiger partial charge in [-0.15, -0.1) is 0 Å². The fourth-order valence-electron chi connectivity index (χ4n) is 3.15. The Bertz CT molecular complexity index is 1040. The summed E-state index contributed by atoms with van der Waals surface area (Å²) in [4.78, 5) is 28.4. The van der Waals surface area contributed by atoms with Gasteiger partial charge in [0.2, 0.25) is 10.0 Å². The Hall–Kier alpha value is -2.92. The minimum Gasteiger partial charge on any atom is -0.452 e. The predicted molar refractivity (Wildman–Crippen MR) is 106 cm³/mol. The average Bonchev–Trinajstić information content (AvgIpc) is 2.77. The second kappa shape index (κ2) is 9.48. The second-order valence-electron chi connectivity index (χ2n) is 7.03. The van der Waals surface area contributed by atoms with Crippen LogP contribution in [0.2, 0.25) is 0 Å². The highest BCUT2D eigenvalue weighted by molar-refractivity contribution is 7.89. The van der Waals surface area contributed by atoms with E-state index in [1.807, 2.05) is 0 Å². The third-order valence-electron chi connectivity index (χ3n) is 4.93. The van der Waals surface area contributed by atoms with E-state index in [4.69, 9.17) is 4.74 Å². The number of sulfonamides is 1. The Morgan fingerprint density at radius 2 is 1.81 bits per heavy atom. The lowest BCUT2D eigenvalue weighted by atomic mass is 9.98. The minimum atomic E-state index is -3.71. The van der Waals surface area contributed by atoms with Gasteiger partial charge in [0.15, 0.2) is 6.10 Å². The molecule has 1 atom stereocenters. The van der Waals surface area contributed by atoms with Crippen molar-refractivity contribution in [2.24, 2.45) is 5.92 Å². The number of para-hydroxylation sites is 1. The van der Waals surface area contributed by atoms with Gasteiger partial charge >= 0.3 is 5.97 Å². The van der Waals surface area contributed by atoms with Crippen LogP contribution in [0.15, 0.2) is 47.6 Å². The number of carbonyl (C=O) groups is 2. The Morgan fingerprint density at radius 3 is 2.39 bits per heavy atom. The van der Waals surface area contributed by atoms with Crippen LogP contribution >= 0.6 is 0 Å². The maximum atomic E-state index is 13.7. The number of rotatable bonds is 6. The molecule has 11 heteroatoms. The largest absolute Gasteiger partial charge is 0.452 e. The number of amides is 1. The topological polar surface area (TPSA) is 106 Å². The van der Waals surface area contributed by atoms with E-state index < -0.39 is 51.2 Å². The summed E-state index contributed by atoms with van der Waals surface area (Å²) in [7, 11) is -3.71. The maximum absolute atomic E-state index is 13.7. The van der Waals surface area contributed by atoms with Crippen LogP contribution in [0.25, 0.3) is 0 Å². The van der Waals surface area contributed by atoms with Gasteiger partial charge in [0.25, 0.3) is 5.91 Å². The predicted octanol–water partition coefficient (Wildman–Crippen LogP) is 2.33. The lowest BCUT2D eigenvalue weighted by Gasteiger charge is -2.30. The summed E-state index contributed by atoms with van der Waals surface area (Å²) in [6.07, 6.45) is 1.88. The molecule has 1 N–H and O–H groups in total. The first kappa shape index (κ1) is 22.8. The van der Waals surface area contributed by atoms with Crippen molar-refractivity contribution < 1.29 is 31.5 Å². The van der Waals surface area contributed by atoms with E-state index in [2.05, 4.69) is 10.3 Å². The van der Waals surface area contributed by atoms with E-state index in [0.717, 1.165) is 18.2 Å². The van der Waals surface area contributed by atoms with Crippen molar-refractivity contribution in [1.82, 2.24) is 9.29 Å². The Morgan fingerprint density at radius 1 is 1.16 bits per heavy atom. The molecule has 1 aliphatic rings.